The molecule has 3 amide bonds. The highest BCUT2D eigenvalue weighted by atomic mass is 32.2. The average molecular weight is 512 g/mol. The lowest BCUT2D eigenvalue weighted by molar-refractivity contribution is 0.0713. The SMILES string of the molecule is CCS(=O)(=O)CNCCNC(=O)Nc1cc(C(=O)N2CCC(c3ccc(C#N)cc3)CC2)ccc1C. The molecule has 0 radical (unpaired) electrons. The molecular formula is C26H33N5O4S. The highest BCUT2D eigenvalue weighted by molar-refractivity contribution is 7.91. The van der Waals surface area contributed by atoms with Gasteiger partial charge in [0.1, 0.15) is 0 Å². The number of nitrogens with zero attached hydrogens (tertiary/aromatic N) is 2. The van der Waals surface area contributed by atoms with E-state index >= 15 is 0 Å². The number of rotatable bonds is 9. The van der Waals surface area contributed by atoms with Crippen LogP contribution < -0.4 is 16.0 Å². The molecule has 192 valence electrons. The zero-order valence-electron chi connectivity index (χ0n) is 20.7. The number of aryl methyl sites for hydroxylation is 1. The van der Waals surface area contributed by atoms with Crippen molar-refractivity contribution < 1.29 is 18.0 Å². The Kier molecular flexibility index (Phi) is 9.44. The third kappa shape index (κ3) is 7.54. The number of carbonyl (C=O) groups is 2. The van der Waals surface area contributed by atoms with Crippen molar-refractivity contribution in [2.24, 2.45) is 0 Å². The molecule has 1 heterocycles. The summed E-state index contributed by atoms with van der Waals surface area (Å²) in [5.74, 6) is 0.230. The van der Waals surface area contributed by atoms with E-state index < -0.39 is 15.9 Å². The van der Waals surface area contributed by atoms with Gasteiger partial charge in [-0.2, -0.15) is 5.26 Å². The van der Waals surface area contributed by atoms with E-state index in [-0.39, 0.29) is 24.1 Å². The van der Waals surface area contributed by atoms with E-state index in [4.69, 9.17) is 5.26 Å². The Morgan fingerprint density at radius 1 is 1.08 bits per heavy atom. The zero-order chi connectivity index (χ0) is 26.1. The molecule has 0 aromatic heterocycles. The Balaban J connectivity index is 1.51. The Morgan fingerprint density at radius 2 is 1.78 bits per heavy atom. The number of benzene rings is 2. The van der Waals surface area contributed by atoms with Gasteiger partial charge in [0, 0.05) is 43.2 Å². The lowest BCUT2D eigenvalue weighted by Crippen LogP contribution is -2.38. The maximum absolute atomic E-state index is 13.1. The maximum Gasteiger partial charge on any atom is 0.319 e. The standard InChI is InChI=1S/C26H33N5O4S/c1-3-36(34,35)18-28-12-13-29-26(33)30-24-16-23(7-4-19(24)2)25(32)31-14-10-22(11-15-31)21-8-5-20(17-27)6-9-21/h4-9,16,22,28H,3,10-15,18H2,1-2H3,(H2,29,30,33). The summed E-state index contributed by atoms with van der Waals surface area (Å²) in [4.78, 5) is 27.3. The van der Waals surface area contributed by atoms with Crippen molar-refractivity contribution in [1.29, 1.82) is 5.26 Å². The highest BCUT2D eigenvalue weighted by Crippen LogP contribution is 2.29. The number of urea groups is 1. The van der Waals surface area contributed by atoms with E-state index in [1.165, 1.54) is 5.56 Å². The fourth-order valence-electron chi connectivity index (χ4n) is 4.08. The number of nitriles is 1. The van der Waals surface area contributed by atoms with E-state index in [9.17, 15) is 18.0 Å². The van der Waals surface area contributed by atoms with Crippen molar-refractivity contribution in [2.75, 3.05) is 43.1 Å². The molecule has 2 aromatic carbocycles. The molecule has 10 heteroatoms. The van der Waals surface area contributed by atoms with Crippen molar-refractivity contribution in [3.05, 3.63) is 64.7 Å². The van der Waals surface area contributed by atoms with Gasteiger partial charge in [0.15, 0.2) is 9.84 Å². The van der Waals surface area contributed by atoms with Crippen molar-refractivity contribution in [1.82, 2.24) is 15.5 Å². The smallest absolute Gasteiger partial charge is 0.319 e. The summed E-state index contributed by atoms with van der Waals surface area (Å²) in [7, 11) is -3.10. The molecule has 0 unspecified atom stereocenters. The number of piperidine rings is 1. The summed E-state index contributed by atoms with van der Waals surface area (Å²) in [5.41, 5.74) is 3.72. The Labute approximate surface area is 212 Å². The van der Waals surface area contributed by atoms with Gasteiger partial charge in [-0.1, -0.05) is 25.1 Å². The number of hydrogen-bond acceptors (Lipinski definition) is 6. The molecule has 3 N–H and O–H groups in total. The van der Waals surface area contributed by atoms with Crippen LogP contribution in [-0.2, 0) is 9.84 Å². The largest absolute Gasteiger partial charge is 0.339 e. The minimum atomic E-state index is -3.10. The maximum atomic E-state index is 13.1. The summed E-state index contributed by atoms with van der Waals surface area (Å²) in [6, 6.07) is 14.6. The number of carbonyl (C=O) groups excluding carboxylic acids is 2. The van der Waals surface area contributed by atoms with Gasteiger partial charge in [-0.25, -0.2) is 13.2 Å². The van der Waals surface area contributed by atoms with Crippen LogP contribution in [0.5, 0.6) is 0 Å². The van der Waals surface area contributed by atoms with Gasteiger partial charge in [-0.15, -0.1) is 0 Å². The minimum absolute atomic E-state index is 0.0669. The van der Waals surface area contributed by atoms with Gasteiger partial charge in [-0.3, -0.25) is 4.79 Å². The monoisotopic (exact) mass is 511 g/mol. The number of likely N-dealkylation sites (tertiary alicyclic amines) is 1. The molecule has 3 rings (SSSR count). The van der Waals surface area contributed by atoms with Crippen molar-refractivity contribution in [3.8, 4) is 6.07 Å². The minimum Gasteiger partial charge on any atom is -0.339 e. The van der Waals surface area contributed by atoms with Crippen molar-refractivity contribution in [3.63, 3.8) is 0 Å². The second kappa shape index (κ2) is 12.5. The van der Waals surface area contributed by atoms with Crippen LogP contribution in [0.1, 0.15) is 52.7 Å². The third-order valence-electron chi connectivity index (χ3n) is 6.38. The van der Waals surface area contributed by atoms with Crippen LogP contribution in [0.15, 0.2) is 42.5 Å². The Morgan fingerprint density at radius 3 is 2.42 bits per heavy atom. The molecule has 0 aliphatic carbocycles. The zero-order valence-corrected chi connectivity index (χ0v) is 21.5. The van der Waals surface area contributed by atoms with Crippen LogP contribution in [0, 0.1) is 18.3 Å². The second-order valence-electron chi connectivity index (χ2n) is 8.89. The molecule has 0 bridgehead atoms. The molecule has 1 aliphatic heterocycles. The van der Waals surface area contributed by atoms with Gasteiger partial charge in [-0.05, 0) is 61.1 Å². The lowest BCUT2D eigenvalue weighted by Gasteiger charge is -2.32. The van der Waals surface area contributed by atoms with Crippen LogP contribution in [0.4, 0.5) is 10.5 Å². The summed E-state index contributed by atoms with van der Waals surface area (Å²) in [6.07, 6.45) is 1.70. The van der Waals surface area contributed by atoms with Gasteiger partial charge in [0.05, 0.1) is 17.5 Å². The van der Waals surface area contributed by atoms with Gasteiger partial charge < -0.3 is 20.9 Å². The Hall–Kier alpha value is -3.42. The summed E-state index contributed by atoms with van der Waals surface area (Å²) in [5, 5.41) is 17.2. The van der Waals surface area contributed by atoms with Gasteiger partial charge in [0.25, 0.3) is 5.91 Å². The first-order chi connectivity index (χ1) is 17.2. The molecule has 1 fully saturated rings. The lowest BCUT2D eigenvalue weighted by atomic mass is 9.89. The highest BCUT2D eigenvalue weighted by Gasteiger charge is 2.25. The van der Waals surface area contributed by atoms with E-state index in [0.29, 0.717) is 42.4 Å². The second-order valence-corrected chi connectivity index (χ2v) is 11.2. The Bertz CT molecular complexity index is 1210. The number of nitrogens with one attached hydrogen (secondary N) is 3. The summed E-state index contributed by atoms with van der Waals surface area (Å²) in [6.45, 7) is 5.30. The molecule has 0 spiro atoms. The quantitative estimate of drug-likeness (QED) is 0.444. The predicted molar refractivity (Wildman–Crippen MR) is 140 cm³/mol. The molecule has 2 aromatic rings. The first kappa shape index (κ1) is 27.2. The van der Waals surface area contributed by atoms with Crippen LogP contribution in [0.3, 0.4) is 0 Å². The molecule has 9 nitrogen and oxygen atoms in total. The molecule has 0 atom stereocenters. The summed E-state index contributed by atoms with van der Waals surface area (Å²) < 4.78 is 23.0. The number of amides is 3. The predicted octanol–water partition coefficient (Wildman–Crippen LogP) is 2.99. The van der Waals surface area contributed by atoms with E-state index in [1.54, 1.807) is 19.1 Å². The van der Waals surface area contributed by atoms with Crippen molar-refractivity contribution >= 4 is 27.5 Å². The molecule has 36 heavy (non-hydrogen) atoms. The third-order valence-corrected chi connectivity index (χ3v) is 7.90. The average Bonchev–Trinajstić information content (AvgIpc) is 2.89. The first-order valence-electron chi connectivity index (χ1n) is 12.1. The number of sulfone groups is 1. The van der Waals surface area contributed by atoms with E-state index in [1.807, 2.05) is 42.2 Å². The van der Waals surface area contributed by atoms with Crippen LogP contribution in [0.25, 0.3) is 0 Å². The normalized spacial score (nSPS) is 14.2. The fraction of sp³-hybridized carbons (Fsp3) is 0.423. The van der Waals surface area contributed by atoms with E-state index in [2.05, 4.69) is 22.0 Å². The van der Waals surface area contributed by atoms with Crippen LogP contribution in [0.2, 0.25) is 0 Å². The molecule has 0 saturated carbocycles. The molecule has 1 aliphatic rings. The number of anilines is 1. The first-order valence-corrected chi connectivity index (χ1v) is 13.9. The summed E-state index contributed by atoms with van der Waals surface area (Å²) >= 11 is 0. The van der Waals surface area contributed by atoms with Crippen LogP contribution >= 0.6 is 0 Å². The topological polar surface area (TPSA) is 131 Å². The van der Waals surface area contributed by atoms with Gasteiger partial charge in [0.2, 0.25) is 0 Å². The van der Waals surface area contributed by atoms with E-state index in [0.717, 1.165) is 18.4 Å². The van der Waals surface area contributed by atoms with Crippen LogP contribution in [-0.4, -0.2) is 63.1 Å². The van der Waals surface area contributed by atoms with Crippen molar-refractivity contribution in [2.45, 2.75) is 32.6 Å². The number of hydrogen-bond donors (Lipinski definition) is 3. The molecule has 1 saturated heterocycles. The molecular weight excluding hydrogens is 478 g/mol. The fourth-order valence-corrected chi connectivity index (χ4v) is 4.74. The van der Waals surface area contributed by atoms with Gasteiger partial charge >= 0.3 is 6.03 Å².